The predicted molar refractivity (Wildman–Crippen MR) is 71.4 cm³/mol. The lowest BCUT2D eigenvalue weighted by molar-refractivity contribution is -0.143. The van der Waals surface area contributed by atoms with Gasteiger partial charge >= 0.3 is 5.97 Å². The molecule has 1 aliphatic carbocycles. The van der Waals surface area contributed by atoms with Crippen molar-refractivity contribution in [1.29, 1.82) is 0 Å². The molecule has 0 aromatic carbocycles. The number of carboxylic acids is 1. The molecular weight excluding hydrogens is 274 g/mol. The van der Waals surface area contributed by atoms with E-state index in [9.17, 15) is 14.4 Å². The van der Waals surface area contributed by atoms with Crippen molar-refractivity contribution in [2.24, 2.45) is 5.41 Å². The molecule has 112 valence electrons. The largest absolute Gasteiger partial charge is 0.475 e. The van der Waals surface area contributed by atoms with Gasteiger partial charge in [0.1, 0.15) is 5.76 Å². The van der Waals surface area contributed by atoms with Crippen molar-refractivity contribution in [3.63, 3.8) is 0 Å². The van der Waals surface area contributed by atoms with Crippen LogP contribution in [0.1, 0.15) is 54.8 Å². The van der Waals surface area contributed by atoms with E-state index in [0.717, 1.165) is 32.1 Å². The van der Waals surface area contributed by atoms with Crippen molar-refractivity contribution >= 4 is 17.8 Å². The third-order valence-corrected chi connectivity index (χ3v) is 4.49. The molecule has 1 aromatic heterocycles. The van der Waals surface area contributed by atoms with Gasteiger partial charge in [-0.15, -0.1) is 0 Å². The monoisotopic (exact) mass is 291 g/mol. The van der Waals surface area contributed by atoms with Gasteiger partial charge in [0.05, 0.1) is 12.0 Å². The van der Waals surface area contributed by atoms with Gasteiger partial charge in [0, 0.05) is 6.42 Å². The first-order valence-corrected chi connectivity index (χ1v) is 7.19. The molecule has 0 bridgehead atoms. The fourth-order valence-corrected chi connectivity index (χ4v) is 3.37. The number of carbonyl (C=O) groups is 3. The molecule has 6 heteroatoms. The molecule has 3 rings (SSSR count). The topological polar surface area (TPSA) is 87.8 Å². The minimum atomic E-state index is -1.16. The van der Waals surface area contributed by atoms with Crippen molar-refractivity contribution in [2.45, 2.75) is 45.1 Å². The molecule has 21 heavy (non-hydrogen) atoms. The SMILES string of the molecule is O=C(O)c1ccc(CN2C(=O)CC3(CCCCC3)C2=O)o1. The molecular formula is C15H17NO5. The van der Waals surface area contributed by atoms with Crippen LogP contribution in [0.15, 0.2) is 16.5 Å². The maximum atomic E-state index is 12.6. The van der Waals surface area contributed by atoms with Crippen molar-refractivity contribution in [3.05, 3.63) is 23.7 Å². The Morgan fingerprint density at radius 1 is 1.24 bits per heavy atom. The summed E-state index contributed by atoms with van der Waals surface area (Å²) in [6, 6.07) is 2.83. The minimum absolute atomic E-state index is 0.0205. The van der Waals surface area contributed by atoms with Crippen molar-refractivity contribution in [2.75, 3.05) is 0 Å². The number of carbonyl (C=O) groups excluding carboxylic acids is 2. The van der Waals surface area contributed by atoms with Crippen LogP contribution in [-0.4, -0.2) is 27.8 Å². The molecule has 1 saturated carbocycles. The number of carboxylic acid groups (broad SMARTS) is 1. The van der Waals surface area contributed by atoms with Gasteiger partial charge in [-0.3, -0.25) is 14.5 Å². The van der Waals surface area contributed by atoms with Crippen molar-refractivity contribution in [3.8, 4) is 0 Å². The quantitative estimate of drug-likeness (QED) is 0.862. The zero-order valence-electron chi connectivity index (χ0n) is 11.6. The van der Waals surface area contributed by atoms with Crippen LogP contribution in [0.3, 0.4) is 0 Å². The van der Waals surface area contributed by atoms with Gasteiger partial charge in [-0.1, -0.05) is 19.3 Å². The molecule has 6 nitrogen and oxygen atoms in total. The second-order valence-electron chi connectivity index (χ2n) is 5.87. The Morgan fingerprint density at radius 3 is 2.57 bits per heavy atom. The van der Waals surface area contributed by atoms with E-state index in [1.165, 1.54) is 17.0 Å². The van der Waals surface area contributed by atoms with Gasteiger partial charge in [0.25, 0.3) is 0 Å². The predicted octanol–water partition coefficient (Wildman–Crippen LogP) is 2.19. The molecule has 1 aromatic rings. The van der Waals surface area contributed by atoms with Gasteiger partial charge < -0.3 is 9.52 Å². The molecule has 2 fully saturated rings. The van der Waals surface area contributed by atoms with Crippen molar-refractivity contribution < 1.29 is 23.9 Å². The highest BCUT2D eigenvalue weighted by Crippen LogP contribution is 2.45. The number of imide groups is 1. The summed E-state index contributed by atoms with van der Waals surface area (Å²) in [4.78, 5) is 36.7. The maximum Gasteiger partial charge on any atom is 0.371 e. The van der Waals surface area contributed by atoms with E-state index in [-0.39, 0.29) is 30.5 Å². The minimum Gasteiger partial charge on any atom is -0.475 e. The first-order chi connectivity index (χ1) is 10.0. The zero-order valence-corrected chi connectivity index (χ0v) is 11.6. The van der Waals surface area contributed by atoms with Crippen LogP contribution in [0, 0.1) is 5.41 Å². The summed E-state index contributed by atoms with van der Waals surface area (Å²) in [5.41, 5.74) is -0.516. The molecule has 1 saturated heterocycles. The van der Waals surface area contributed by atoms with Gasteiger partial charge in [0.15, 0.2) is 0 Å². The Balaban J connectivity index is 1.77. The van der Waals surface area contributed by atoms with E-state index in [1.54, 1.807) is 0 Å². The van der Waals surface area contributed by atoms with Gasteiger partial charge in [-0.05, 0) is 25.0 Å². The van der Waals surface area contributed by atoms with Crippen molar-refractivity contribution in [1.82, 2.24) is 4.90 Å². The Hall–Kier alpha value is -2.11. The van der Waals surface area contributed by atoms with E-state index in [4.69, 9.17) is 9.52 Å². The summed E-state index contributed by atoms with van der Waals surface area (Å²) in [5, 5.41) is 8.82. The maximum absolute atomic E-state index is 12.6. The van der Waals surface area contributed by atoms with Gasteiger partial charge in [-0.25, -0.2) is 4.79 Å². The summed E-state index contributed by atoms with van der Waals surface area (Å²) in [5.74, 6) is -1.34. The standard InChI is InChI=1S/C15H17NO5/c17-12-8-15(6-2-1-3-7-15)14(20)16(12)9-10-4-5-11(21-10)13(18)19/h4-5H,1-3,6-9H2,(H,18,19). The number of likely N-dealkylation sites (tertiary alicyclic amines) is 1. The molecule has 2 amide bonds. The van der Waals surface area contributed by atoms with Crippen LogP contribution in [0.2, 0.25) is 0 Å². The number of hydrogen-bond donors (Lipinski definition) is 1. The van der Waals surface area contributed by atoms with Gasteiger partial charge in [0.2, 0.25) is 17.6 Å². The summed E-state index contributed by atoms with van der Waals surface area (Å²) >= 11 is 0. The summed E-state index contributed by atoms with van der Waals surface area (Å²) in [6.07, 6.45) is 4.90. The van der Waals surface area contributed by atoms with Crippen LogP contribution in [0.5, 0.6) is 0 Å². The highest BCUT2D eigenvalue weighted by Gasteiger charge is 2.51. The van der Waals surface area contributed by atoms with Gasteiger partial charge in [-0.2, -0.15) is 0 Å². The number of furan rings is 1. The molecule has 1 aliphatic heterocycles. The fourth-order valence-electron chi connectivity index (χ4n) is 3.37. The van der Waals surface area contributed by atoms with E-state index in [1.807, 2.05) is 0 Å². The highest BCUT2D eigenvalue weighted by molar-refractivity contribution is 6.05. The normalized spacial score (nSPS) is 21.2. The van der Waals surface area contributed by atoms with Crippen LogP contribution in [-0.2, 0) is 16.1 Å². The summed E-state index contributed by atoms with van der Waals surface area (Å²) in [7, 11) is 0. The van der Waals surface area contributed by atoms with E-state index in [2.05, 4.69) is 0 Å². The third-order valence-electron chi connectivity index (χ3n) is 4.49. The molecule has 1 spiro atoms. The lowest BCUT2D eigenvalue weighted by Crippen LogP contribution is -2.36. The molecule has 0 unspecified atom stereocenters. The number of hydrogen-bond acceptors (Lipinski definition) is 4. The van der Waals surface area contributed by atoms with E-state index < -0.39 is 11.4 Å². The zero-order chi connectivity index (χ0) is 15.0. The second kappa shape index (κ2) is 5.02. The second-order valence-corrected chi connectivity index (χ2v) is 5.87. The third kappa shape index (κ3) is 2.34. The number of nitrogens with zero attached hydrogens (tertiary/aromatic N) is 1. The lowest BCUT2D eigenvalue weighted by atomic mass is 9.73. The summed E-state index contributed by atoms with van der Waals surface area (Å²) < 4.78 is 5.13. The molecule has 2 heterocycles. The Kier molecular flexibility index (Phi) is 3.31. The Labute approximate surface area is 121 Å². The van der Waals surface area contributed by atoms with Crippen LogP contribution in [0.4, 0.5) is 0 Å². The fraction of sp³-hybridized carbons (Fsp3) is 0.533. The smallest absolute Gasteiger partial charge is 0.371 e. The van der Waals surface area contributed by atoms with Crippen LogP contribution >= 0.6 is 0 Å². The molecule has 0 radical (unpaired) electrons. The van der Waals surface area contributed by atoms with Crippen LogP contribution in [0.25, 0.3) is 0 Å². The first kappa shape index (κ1) is 13.9. The molecule has 2 aliphatic rings. The Bertz CT molecular complexity index is 597. The first-order valence-electron chi connectivity index (χ1n) is 7.19. The molecule has 1 N–H and O–H groups in total. The molecule has 0 atom stereocenters. The average Bonchev–Trinajstić information content (AvgIpc) is 3.00. The van der Waals surface area contributed by atoms with E-state index in [0.29, 0.717) is 5.76 Å². The number of rotatable bonds is 3. The van der Waals surface area contributed by atoms with E-state index >= 15 is 0 Å². The number of amides is 2. The number of aromatic carboxylic acids is 1. The highest BCUT2D eigenvalue weighted by atomic mass is 16.4. The van der Waals surface area contributed by atoms with Crippen LogP contribution < -0.4 is 0 Å². The lowest BCUT2D eigenvalue weighted by Gasteiger charge is -2.30. The average molecular weight is 291 g/mol. The summed E-state index contributed by atoms with van der Waals surface area (Å²) in [6.45, 7) is 0.0205. The Morgan fingerprint density at radius 2 is 1.95 bits per heavy atom.